The van der Waals surface area contributed by atoms with Crippen LogP contribution >= 0.6 is 23.4 Å². The maximum Gasteiger partial charge on any atom is 0.300 e. The van der Waals surface area contributed by atoms with Gasteiger partial charge in [0.15, 0.2) is 5.16 Å². The standard InChI is InChI=1S/C16H15ClN4OS/c1-11(2)6-9-23-16-19-18-14-15(22)20(7-8-21(14)16)13-5-3-4-12(17)10-13/h3-8,10H,9H2,1-2H3. The van der Waals surface area contributed by atoms with Gasteiger partial charge in [0.1, 0.15) is 0 Å². The molecule has 3 rings (SSSR count). The Kier molecular flexibility index (Phi) is 4.54. The first kappa shape index (κ1) is 15.8. The van der Waals surface area contributed by atoms with Crippen molar-refractivity contribution >= 4 is 29.0 Å². The van der Waals surface area contributed by atoms with E-state index in [4.69, 9.17) is 11.6 Å². The van der Waals surface area contributed by atoms with E-state index in [1.807, 2.05) is 19.9 Å². The first-order valence-electron chi connectivity index (χ1n) is 7.05. The molecule has 0 aliphatic carbocycles. The van der Waals surface area contributed by atoms with E-state index in [1.165, 1.54) is 10.1 Å². The van der Waals surface area contributed by atoms with Gasteiger partial charge in [0.25, 0.3) is 0 Å². The lowest BCUT2D eigenvalue weighted by Gasteiger charge is -2.06. The van der Waals surface area contributed by atoms with Crippen molar-refractivity contribution in [2.45, 2.75) is 19.0 Å². The third-order valence-electron chi connectivity index (χ3n) is 3.23. The smallest absolute Gasteiger partial charge is 0.280 e. The normalized spacial score (nSPS) is 10.9. The average molecular weight is 347 g/mol. The monoisotopic (exact) mass is 346 g/mol. The summed E-state index contributed by atoms with van der Waals surface area (Å²) < 4.78 is 3.23. The Balaban J connectivity index is 2.01. The minimum absolute atomic E-state index is 0.226. The molecule has 1 aromatic carbocycles. The quantitative estimate of drug-likeness (QED) is 0.535. The zero-order valence-electron chi connectivity index (χ0n) is 12.7. The number of aromatic nitrogens is 4. The lowest BCUT2D eigenvalue weighted by molar-refractivity contribution is 0.894. The van der Waals surface area contributed by atoms with Crippen LogP contribution in [0.25, 0.3) is 11.3 Å². The predicted molar refractivity (Wildman–Crippen MR) is 93.7 cm³/mol. The molecule has 3 aromatic rings. The van der Waals surface area contributed by atoms with Crippen LogP contribution in [0.1, 0.15) is 13.8 Å². The molecule has 0 aliphatic heterocycles. The third kappa shape index (κ3) is 3.33. The van der Waals surface area contributed by atoms with Gasteiger partial charge in [0, 0.05) is 23.2 Å². The first-order chi connectivity index (χ1) is 11.1. The van der Waals surface area contributed by atoms with Gasteiger partial charge in [-0.05, 0) is 32.0 Å². The minimum Gasteiger partial charge on any atom is -0.280 e. The van der Waals surface area contributed by atoms with Crippen molar-refractivity contribution in [2.75, 3.05) is 5.75 Å². The number of rotatable bonds is 4. The van der Waals surface area contributed by atoms with Gasteiger partial charge in [-0.1, -0.05) is 41.1 Å². The molecule has 2 aromatic heterocycles. The highest BCUT2D eigenvalue weighted by Gasteiger charge is 2.11. The Labute approximate surface area is 142 Å². The zero-order valence-corrected chi connectivity index (χ0v) is 14.3. The molecular formula is C16H15ClN4OS. The summed E-state index contributed by atoms with van der Waals surface area (Å²) in [6.07, 6.45) is 5.61. The Bertz CT molecular complexity index is 941. The van der Waals surface area contributed by atoms with Crippen LogP contribution in [-0.4, -0.2) is 24.9 Å². The number of halogens is 1. The SMILES string of the molecule is CC(C)=CCSc1nnc2c(=O)n(-c3cccc(Cl)c3)ccn12. The van der Waals surface area contributed by atoms with Gasteiger partial charge in [-0.15, -0.1) is 10.2 Å². The lowest BCUT2D eigenvalue weighted by atomic mass is 10.3. The number of nitrogens with zero attached hydrogens (tertiary/aromatic N) is 4. The van der Waals surface area contributed by atoms with Crippen molar-refractivity contribution in [1.29, 1.82) is 0 Å². The van der Waals surface area contributed by atoms with E-state index in [0.29, 0.717) is 21.5 Å². The lowest BCUT2D eigenvalue weighted by Crippen LogP contribution is -2.20. The second kappa shape index (κ2) is 6.60. The minimum atomic E-state index is -0.226. The van der Waals surface area contributed by atoms with Crippen LogP contribution in [0.3, 0.4) is 0 Å². The van der Waals surface area contributed by atoms with Crippen molar-refractivity contribution in [3.63, 3.8) is 0 Å². The molecule has 0 N–H and O–H groups in total. The zero-order chi connectivity index (χ0) is 16.4. The van der Waals surface area contributed by atoms with E-state index in [1.54, 1.807) is 46.8 Å². The molecule has 0 fully saturated rings. The molecule has 0 amide bonds. The van der Waals surface area contributed by atoms with E-state index >= 15 is 0 Å². The fourth-order valence-electron chi connectivity index (χ4n) is 2.08. The molecule has 2 heterocycles. The van der Waals surface area contributed by atoms with E-state index in [0.717, 1.165) is 5.75 Å². The summed E-state index contributed by atoms with van der Waals surface area (Å²) in [4.78, 5) is 12.6. The van der Waals surface area contributed by atoms with E-state index < -0.39 is 0 Å². The molecule has 0 atom stereocenters. The molecule has 0 saturated carbocycles. The van der Waals surface area contributed by atoms with Gasteiger partial charge in [-0.3, -0.25) is 13.8 Å². The molecule has 0 saturated heterocycles. The van der Waals surface area contributed by atoms with Crippen molar-refractivity contribution < 1.29 is 0 Å². The molecule has 118 valence electrons. The van der Waals surface area contributed by atoms with Crippen molar-refractivity contribution in [3.05, 3.63) is 63.7 Å². The fourth-order valence-corrected chi connectivity index (χ4v) is 3.21. The van der Waals surface area contributed by atoms with E-state index in [-0.39, 0.29) is 5.56 Å². The number of thioether (sulfide) groups is 1. The molecular weight excluding hydrogens is 332 g/mol. The fraction of sp³-hybridized carbons (Fsp3) is 0.188. The second-order valence-electron chi connectivity index (χ2n) is 5.22. The average Bonchev–Trinajstić information content (AvgIpc) is 2.91. The molecule has 0 bridgehead atoms. The third-order valence-corrected chi connectivity index (χ3v) is 4.33. The van der Waals surface area contributed by atoms with Gasteiger partial charge in [-0.25, -0.2) is 0 Å². The first-order valence-corrected chi connectivity index (χ1v) is 8.41. The summed E-state index contributed by atoms with van der Waals surface area (Å²) in [5, 5.41) is 9.42. The number of fused-ring (bicyclic) bond motifs is 1. The van der Waals surface area contributed by atoms with Crippen LogP contribution in [0, 0.1) is 0 Å². The van der Waals surface area contributed by atoms with Crippen LogP contribution in [0.2, 0.25) is 5.02 Å². The Hall–Kier alpha value is -2.05. The van der Waals surface area contributed by atoms with Crippen molar-refractivity contribution in [1.82, 2.24) is 19.2 Å². The number of benzene rings is 1. The maximum absolute atomic E-state index is 12.6. The van der Waals surface area contributed by atoms with Crippen LogP contribution in [0.4, 0.5) is 0 Å². The molecule has 0 spiro atoms. The molecule has 0 unspecified atom stereocenters. The van der Waals surface area contributed by atoms with Crippen LogP contribution in [0.5, 0.6) is 0 Å². The van der Waals surface area contributed by atoms with Gasteiger partial charge >= 0.3 is 5.56 Å². The Morgan fingerprint density at radius 1 is 1.30 bits per heavy atom. The highest BCUT2D eigenvalue weighted by atomic mass is 35.5. The summed E-state index contributed by atoms with van der Waals surface area (Å²) in [5.41, 5.74) is 2.02. The summed E-state index contributed by atoms with van der Waals surface area (Å²) in [6, 6.07) is 7.13. The summed E-state index contributed by atoms with van der Waals surface area (Å²) in [5.74, 6) is 0.792. The van der Waals surface area contributed by atoms with Gasteiger partial charge < -0.3 is 0 Å². The van der Waals surface area contributed by atoms with Gasteiger partial charge in [-0.2, -0.15) is 0 Å². The predicted octanol–water partition coefficient (Wildman–Crippen LogP) is 3.59. The number of hydrogen-bond acceptors (Lipinski definition) is 4. The molecule has 23 heavy (non-hydrogen) atoms. The van der Waals surface area contributed by atoms with Crippen LogP contribution in [-0.2, 0) is 0 Å². The highest BCUT2D eigenvalue weighted by Crippen LogP contribution is 2.17. The molecule has 0 radical (unpaired) electrons. The van der Waals surface area contributed by atoms with E-state index in [9.17, 15) is 4.79 Å². The van der Waals surface area contributed by atoms with Gasteiger partial charge in [0.05, 0.1) is 5.69 Å². The Morgan fingerprint density at radius 2 is 2.13 bits per heavy atom. The van der Waals surface area contributed by atoms with Crippen LogP contribution in [0.15, 0.2) is 58.3 Å². The van der Waals surface area contributed by atoms with Crippen molar-refractivity contribution in [2.24, 2.45) is 0 Å². The number of allylic oxidation sites excluding steroid dienone is 1. The largest absolute Gasteiger partial charge is 0.300 e. The molecule has 0 aliphatic rings. The topological polar surface area (TPSA) is 52.2 Å². The summed E-state index contributed by atoms with van der Waals surface area (Å²) >= 11 is 7.54. The summed E-state index contributed by atoms with van der Waals surface area (Å²) in [6.45, 7) is 4.10. The van der Waals surface area contributed by atoms with E-state index in [2.05, 4.69) is 16.3 Å². The molecule has 7 heteroatoms. The Morgan fingerprint density at radius 3 is 2.87 bits per heavy atom. The molecule has 5 nitrogen and oxygen atoms in total. The summed E-state index contributed by atoms with van der Waals surface area (Å²) in [7, 11) is 0. The van der Waals surface area contributed by atoms with Gasteiger partial charge in [0.2, 0.25) is 5.65 Å². The second-order valence-corrected chi connectivity index (χ2v) is 6.65. The highest BCUT2D eigenvalue weighted by molar-refractivity contribution is 7.99. The maximum atomic E-state index is 12.6. The van der Waals surface area contributed by atoms with Crippen LogP contribution < -0.4 is 5.56 Å². The number of hydrogen-bond donors (Lipinski definition) is 0. The van der Waals surface area contributed by atoms with Crippen molar-refractivity contribution in [3.8, 4) is 5.69 Å².